The highest BCUT2D eigenvalue weighted by Crippen LogP contribution is 2.20. The number of esters is 1. The first-order valence-electron chi connectivity index (χ1n) is 10.1. The molecule has 1 aliphatic heterocycles. The SMILES string of the molecule is COC(=O)c1ccc(CC[C@H](O)CN2CCN(c3ccc(Br)cc3)CC2)cc1C=O. The molecular formula is C23H27BrN2O4. The van der Waals surface area contributed by atoms with E-state index in [0.29, 0.717) is 31.2 Å². The normalized spacial score (nSPS) is 15.6. The molecule has 0 amide bonds. The van der Waals surface area contributed by atoms with Crippen LogP contribution in [-0.2, 0) is 11.2 Å². The van der Waals surface area contributed by atoms with Crippen LogP contribution in [0.2, 0.25) is 0 Å². The van der Waals surface area contributed by atoms with Crippen molar-refractivity contribution in [2.75, 3.05) is 44.7 Å². The van der Waals surface area contributed by atoms with Crippen molar-refractivity contribution in [2.24, 2.45) is 0 Å². The molecule has 2 aromatic carbocycles. The molecule has 0 radical (unpaired) electrons. The largest absolute Gasteiger partial charge is 0.465 e. The fraction of sp³-hybridized carbons (Fsp3) is 0.391. The highest BCUT2D eigenvalue weighted by Gasteiger charge is 2.20. The number of anilines is 1. The Kier molecular flexibility index (Phi) is 8.01. The van der Waals surface area contributed by atoms with E-state index in [2.05, 4.69) is 50.0 Å². The molecule has 1 aliphatic rings. The van der Waals surface area contributed by atoms with Crippen molar-refractivity contribution in [1.29, 1.82) is 0 Å². The van der Waals surface area contributed by atoms with Crippen LogP contribution in [0.15, 0.2) is 46.9 Å². The molecule has 1 heterocycles. The monoisotopic (exact) mass is 474 g/mol. The van der Waals surface area contributed by atoms with Gasteiger partial charge in [0, 0.05) is 48.4 Å². The lowest BCUT2D eigenvalue weighted by atomic mass is 10.0. The van der Waals surface area contributed by atoms with Crippen molar-refractivity contribution in [2.45, 2.75) is 18.9 Å². The van der Waals surface area contributed by atoms with Crippen LogP contribution >= 0.6 is 15.9 Å². The fourth-order valence-electron chi connectivity index (χ4n) is 3.72. The molecule has 7 heteroatoms. The first kappa shape index (κ1) is 22.5. The summed E-state index contributed by atoms with van der Waals surface area (Å²) in [6.45, 7) is 4.33. The van der Waals surface area contributed by atoms with E-state index in [1.165, 1.54) is 12.8 Å². The molecule has 1 fully saturated rings. The van der Waals surface area contributed by atoms with Gasteiger partial charge in [0.2, 0.25) is 0 Å². The van der Waals surface area contributed by atoms with Gasteiger partial charge in [-0.2, -0.15) is 0 Å². The Balaban J connectivity index is 1.46. The fourth-order valence-corrected chi connectivity index (χ4v) is 3.99. The Morgan fingerprint density at radius 1 is 1.17 bits per heavy atom. The number of ether oxygens (including phenoxy) is 1. The van der Waals surface area contributed by atoms with Crippen LogP contribution < -0.4 is 4.90 Å². The van der Waals surface area contributed by atoms with Crippen molar-refractivity contribution in [1.82, 2.24) is 4.90 Å². The van der Waals surface area contributed by atoms with Gasteiger partial charge in [0.15, 0.2) is 6.29 Å². The van der Waals surface area contributed by atoms with E-state index in [1.54, 1.807) is 12.1 Å². The molecule has 0 spiro atoms. The van der Waals surface area contributed by atoms with Gasteiger partial charge < -0.3 is 14.7 Å². The average molecular weight is 475 g/mol. The maximum atomic E-state index is 11.7. The van der Waals surface area contributed by atoms with Crippen LogP contribution in [0.1, 0.15) is 32.7 Å². The third-order valence-electron chi connectivity index (χ3n) is 5.45. The maximum Gasteiger partial charge on any atom is 0.338 e. The lowest BCUT2D eigenvalue weighted by Gasteiger charge is -2.37. The van der Waals surface area contributed by atoms with Crippen LogP contribution in [0.5, 0.6) is 0 Å². The van der Waals surface area contributed by atoms with Gasteiger partial charge in [-0.25, -0.2) is 4.79 Å². The van der Waals surface area contributed by atoms with Gasteiger partial charge in [0.05, 0.1) is 18.8 Å². The average Bonchev–Trinajstić information content (AvgIpc) is 2.78. The van der Waals surface area contributed by atoms with Crippen LogP contribution in [0.4, 0.5) is 5.69 Å². The standard InChI is InChI=1S/C23H27BrN2O4/c1-30-23(29)22-9-3-17(14-18(22)16-27)2-8-21(28)15-25-10-12-26(13-11-25)20-6-4-19(24)5-7-20/h3-7,9,14,16,21,28H,2,8,10-13,15H2,1H3/t21-/m0/s1. The summed E-state index contributed by atoms with van der Waals surface area (Å²) in [5.41, 5.74) is 2.72. The molecule has 3 rings (SSSR count). The summed E-state index contributed by atoms with van der Waals surface area (Å²) in [5, 5.41) is 10.5. The number of rotatable bonds is 8. The van der Waals surface area contributed by atoms with Crippen molar-refractivity contribution >= 4 is 33.9 Å². The van der Waals surface area contributed by atoms with Gasteiger partial charge in [-0.15, -0.1) is 0 Å². The van der Waals surface area contributed by atoms with Crippen LogP contribution in [0.25, 0.3) is 0 Å². The van der Waals surface area contributed by atoms with Crippen molar-refractivity contribution < 1.29 is 19.4 Å². The second kappa shape index (κ2) is 10.7. The second-order valence-corrected chi connectivity index (χ2v) is 8.40. The molecule has 160 valence electrons. The first-order chi connectivity index (χ1) is 14.5. The summed E-state index contributed by atoms with van der Waals surface area (Å²) in [7, 11) is 1.29. The number of aryl methyl sites for hydroxylation is 1. The summed E-state index contributed by atoms with van der Waals surface area (Å²) >= 11 is 3.47. The van der Waals surface area contributed by atoms with E-state index >= 15 is 0 Å². The van der Waals surface area contributed by atoms with E-state index in [1.807, 2.05) is 6.07 Å². The summed E-state index contributed by atoms with van der Waals surface area (Å²) in [4.78, 5) is 27.6. The number of benzene rings is 2. The van der Waals surface area contributed by atoms with E-state index in [9.17, 15) is 14.7 Å². The number of piperazine rings is 1. The second-order valence-electron chi connectivity index (χ2n) is 7.49. The first-order valence-corrected chi connectivity index (χ1v) is 10.9. The molecule has 0 unspecified atom stereocenters. The topological polar surface area (TPSA) is 70.1 Å². The molecule has 1 saturated heterocycles. The number of aliphatic hydroxyl groups is 1. The van der Waals surface area contributed by atoms with Gasteiger partial charge in [0.25, 0.3) is 0 Å². The van der Waals surface area contributed by atoms with Gasteiger partial charge in [-0.3, -0.25) is 9.69 Å². The van der Waals surface area contributed by atoms with Crippen LogP contribution in [0.3, 0.4) is 0 Å². The number of methoxy groups -OCH3 is 1. The Bertz CT molecular complexity index is 864. The summed E-state index contributed by atoms with van der Waals surface area (Å²) in [5.74, 6) is -0.522. The third kappa shape index (κ3) is 5.90. The van der Waals surface area contributed by atoms with Crippen molar-refractivity contribution in [3.63, 3.8) is 0 Å². The molecule has 0 bridgehead atoms. The number of halogens is 1. The predicted octanol–water partition coefficient (Wildman–Crippen LogP) is 3.16. The molecule has 0 saturated carbocycles. The summed E-state index contributed by atoms with van der Waals surface area (Å²) in [6.07, 6.45) is 1.46. The number of hydrogen-bond donors (Lipinski definition) is 1. The molecule has 0 aromatic heterocycles. The minimum Gasteiger partial charge on any atom is -0.465 e. The maximum absolute atomic E-state index is 11.7. The molecule has 6 nitrogen and oxygen atoms in total. The number of hydrogen-bond acceptors (Lipinski definition) is 6. The highest BCUT2D eigenvalue weighted by atomic mass is 79.9. The Hall–Kier alpha value is -2.22. The lowest BCUT2D eigenvalue weighted by Crippen LogP contribution is -2.48. The number of nitrogens with zero attached hydrogens (tertiary/aromatic N) is 2. The molecule has 30 heavy (non-hydrogen) atoms. The molecule has 1 N–H and O–H groups in total. The smallest absolute Gasteiger partial charge is 0.338 e. The van der Waals surface area contributed by atoms with E-state index in [0.717, 1.165) is 36.2 Å². The zero-order valence-corrected chi connectivity index (χ0v) is 18.7. The number of β-amino-alcohol motifs (C(OH)–C–C–N with tert-alkyl or cyclic N) is 1. The number of aldehydes is 1. The van der Waals surface area contributed by atoms with Crippen LogP contribution in [0, 0.1) is 0 Å². The molecular weight excluding hydrogens is 448 g/mol. The van der Waals surface area contributed by atoms with Crippen molar-refractivity contribution in [3.8, 4) is 0 Å². The zero-order valence-electron chi connectivity index (χ0n) is 17.1. The molecule has 0 aliphatic carbocycles. The number of carbonyl (C=O) groups excluding carboxylic acids is 2. The number of carbonyl (C=O) groups is 2. The molecule has 1 atom stereocenters. The quantitative estimate of drug-likeness (QED) is 0.468. The van der Waals surface area contributed by atoms with E-state index < -0.39 is 12.1 Å². The Morgan fingerprint density at radius 2 is 1.87 bits per heavy atom. The third-order valence-corrected chi connectivity index (χ3v) is 5.98. The Morgan fingerprint density at radius 3 is 2.50 bits per heavy atom. The van der Waals surface area contributed by atoms with Gasteiger partial charge >= 0.3 is 5.97 Å². The zero-order chi connectivity index (χ0) is 21.5. The van der Waals surface area contributed by atoms with Gasteiger partial charge in [-0.1, -0.05) is 22.0 Å². The lowest BCUT2D eigenvalue weighted by molar-refractivity contribution is 0.0598. The summed E-state index contributed by atoms with van der Waals surface area (Å²) in [6, 6.07) is 13.5. The van der Waals surface area contributed by atoms with Gasteiger partial charge in [0.1, 0.15) is 0 Å². The van der Waals surface area contributed by atoms with E-state index in [4.69, 9.17) is 4.74 Å². The summed E-state index contributed by atoms with van der Waals surface area (Å²) < 4.78 is 5.77. The van der Waals surface area contributed by atoms with Crippen molar-refractivity contribution in [3.05, 3.63) is 63.6 Å². The minimum absolute atomic E-state index is 0.264. The number of aliphatic hydroxyl groups excluding tert-OH is 1. The predicted molar refractivity (Wildman–Crippen MR) is 120 cm³/mol. The van der Waals surface area contributed by atoms with Gasteiger partial charge in [-0.05, 0) is 54.8 Å². The minimum atomic E-state index is -0.522. The van der Waals surface area contributed by atoms with Crippen LogP contribution in [-0.4, -0.2) is 68.2 Å². The molecule has 2 aromatic rings. The van der Waals surface area contributed by atoms with E-state index in [-0.39, 0.29) is 5.56 Å². The Labute approximate surface area is 185 Å². The highest BCUT2D eigenvalue weighted by molar-refractivity contribution is 9.10.